The number of likely N-dealkylation sites (N-methyl/N-ethyl adjacent to an activating group) is 1. The first-order chi connectivity index (χ1) is 20.6. The summed E-state index contributed by atoms with van der Waals surface area (Å²) < 4.78 is 19.2. The predicted octanol–water partition coefficient (Wildman–Crippen LogP) is 5.94. The van der Waals surface area contributed by atoms with E-state index in [1.54, 1.807) is 0 Å². The van der Waals surface area contributed by atoms with Crippen LogP contribution in [0.15, 0.2) is 23.3 Å². The van der Waals surface area contributed by atoms with Crippen molar-refractivity contribution >= 4 is 45.4 Å². The van der Waals surface area contributed by atoms with Crippen LogP contribution in [0.25, 0.3) is 32.9 Å². The summed E-state index contributed by atoms with van der Waals surface area (Å²) in [5, 5.41) is 19.6. The summed E-state index contributed by atoms with van der Waals surface area (Å²) in [7, 11) is 4.18. The molecular formula is C33H36ClFN8. The summed E-state index contributed by atoms with van der Waals surface area (Å²) >= 11 is 7.05. The van der Waals surface area contributed by atoms with Crippen molar-refractivity contribution in [2.75, 3.05) is 38.6 Å². The van der Waals surface area contributed by atoms with Crippen LogP contribution in [0.3, 0.4) is 0 Å². The van der Waals surface area contributed by atoms with E-state index >= 15 is 4.39 Å². The number of anilines is 1. The lowest BCUT2D eigenvalue weighted by molar-refractivity contribution is 0.133. The highest BCUT2D eigenvalue weighted by Gasteiger charge is 2.42. The van der Waals surface area contributed by atoms with Gasteiger partial charge in [0, 0.05) is 41.9 Å². The number of aliphatic imine (C=N–C) groups is 1. The Morgan fingerprint density at radius 3 is 2.74 bits per heavy atom. The molecule has 0 bridgehead atoms. The van der Waals surface area contributed by atoms with Crippen molar-refractivity contribution in [1.29, 1.82) is 5.26 Å². The highest BCUT2D eigenvalue weighted by Crippen LogP contribution is 2.45. The molecule has 2 aromatic heterocycles. The van der Waals surface area contributed by atoms with Gasteiger partial charge < -0.3 is 15.1 Å². The van der Waals surface area contributed by atoms with Gasteiger partial charge in [-0.1, -0.05) is 17.7 Å². The van der Waals surface area contributed by atoms with Gasteiger partial charge >= 0.3 is 0 Å². The molecule has 8 nitrogen and oxygen atoms in total. The van der Waals surface area contributed by atoms with Gasteiger partial charge in [-0.15, -0.1) is 0 Å². The molecule has 4 aromatic rings. The smallest absolute Gasteiger partial charge is 0.158 e. The Balaban J connectivity index is 1.48. The maximum absolute atomic E-state index is 17.1. The van der Waals surface area contributed by atoms with Crippen molar-refractivity contribution in [2.45, 2.75) is 64.2 Å². The number of nitrogens with zero attached hydrogens (tertiary/aromatic N) is 7. The SMILES string of the molecule is Cc1cc2c(c(-c3c(Cl)cc4c(nc(N5CC(C)(N(C)C)C5)c5cnn([C@H]6CCN[C@H](CC#N)C6)c54)c3F)c1C)C=NC2. The summed E-state index contributed by atoms with van der Waals surface area (Å²) in [6.45, 7) is 9.23. The molecule has 0 spiro atoms. The summed E-state index contributed by atoms with van der Waals surface area (Å²) in [5.74, 6) is 0.327. The predicted molar refractivity (Wildman–Crippen MR) is 171 cm³/mol. The fraction of sp³-hybridized carbons (Fsp3) is 0.455. The number of rotatable bonds is 5. The van der Waals surface area contributed by atoms with E-state index in [0.29, 0.717) is 34.5 Å². The molecule has 0 aliphatic carbocycles. The molecule has 5 heterocycles. The Hall–Kier alpha value is -3.58. The average molecular weight is 599 g/mol. The summed E-state index contributed by atoms with van der Waals surface area (Å²) in [5.41, 5.74) is 6.39. The van der Waals surface area contributed by atoms with Gasteiger partial charge in [-0.25, -0.2) is 9.37 Å². The van der Waals surface area contributed by atoms with Gasteiger partial charge in [0.15, 0.2) is 5.82 Å². The van der Waals surface area contributed by atoms with Crippen molar-refractivity contribution in [3.05, 3.63) is 51.4 Å². The van der Waals surface area contributed by atoms with E-state index in [1.165, 1.54) is 0 Å². The number of pyridine rings is 1. The molecule has 10 heteroatoms. The largest absolute Gasteiger partial charge is 0.352 e. The highest BCUT2D eigenvalue weighted by molar-refractivity contribution is 6.35. The molecule has 0 amide bonds. The number of nitrogens with one attached hydrogen (secondary N) is 1. The molecule has 3 aliphatic heterocycles. The maximum atomic E-state index is 17.1. The van der Waals surface area contributed by atoms with Gasteiger partial charge in [0.1, 0.15) is 11.3 Å². The summed E-state index contributed by atoms with van der Waals surface area (Å²) in [6.07, 6.45) is 5.78. The van der Waals surface area contributed by atoms with E-state index in [-0.39, 0.29) is 17.6 Å². The molecule has 0 radical (unpaired) electrons. The summed E-state index contributed by atoms with van der Waals surface area (Å²) in [4.78, 5) is 14.0. The molecule has 222 valence electrons. The fourth-order valence-electron chi connectivity index (χ4n) is 7.13. The Bertz CT molecular complexity index is 1860. The van der Waals surface area contributed by atoms with Crippen LogP contribution in [-0.2, 0) is 6.54 Å². The molecule has 0 unspecified atom stereocenters. The van der Waals surface area contributed by atoms with Crippen LogP contribution < -0.4 is 10.2 Å². The van der Waals surface area contributed by atoms with Crippen molar-refractivity contribution < 1.29 is 4.39 Å². The quantitative estimate of drug-likeness (QED) is 0.306. The van der Waals surface area contributed by atoms with E-state index in [2.05, 4.69) is 53.3 Å². The zero-order valence-corrected chi connectivity index (χ0v) is 26.1. The van der Waals surface area contributed by atoms with Gasteiger partial charge in [0.25, 0.3) is 0 Å². The third kappa shape index (κ3) is 4.34. The van der Waals surface area contributed by atoms with E-state index in [4.69, 9.17) is 21.7 Å². The van der Waals surface area contributed by atoms with Crippen molar-refractivity contribution in [3.63, 3.8) is 0 Å². The molecule has 2 aromatic carbocycles. The third-order valence-corrected chi connectivity index (χ3v) is 10.3. The number of halogens is 2. The lowest BCUT2D eigenvalue weighted by Gasteiger charge is -2.52. The van der Waals surface area contributed by atoms with Crippen LogP contribution in [0.1, 0.15) is 54.5 Å². The molecule has 2 saturated heterocycles. The second kappa shape index (κ2) is 10.3. The van der Waals surface area contributed by atoms with Crippen molar-refractivity contribution in [1.82, 2.24) is 25.0 Å². The number of aromatic nitrogens is 3. The minimum atomic E-state index is -0.418. The second-order valence-electron chi connectivity index (χ2n) is 12.9. The minimum Gasteiger partial charge on any atom is -0.352 e. The van der Waals surface area contributed by atoms with Crippen LogP contribution in [-0.4, -0.2) is 71.2 Å². The van der Waals surface area contributed by atoms with Crippen LogP contribution in [0.4, 0.5) is 10.2 Å². The molecule has 2 fully saturated rings. The normalized spacial score (nSPS) is 21.0. The average Bonchev–Trinajstić information content (AvgIpc) is 3.61. The fourth-order valence-corrected chi connectivity index (χ4v) is 7.42. The lowest BCUT2D eigenvalue weighted by atomic mass is 9.88. The zero-order chi connectivity index (χ0) is 30.2. The second-order valence-corrected chi connectivity index (χ2v) is 13.3. The number of benzene rings is 2. The zero-order valence-electron chi connectivity index (χ0n) is 25.3. The van der Waals surface area contributed by atoms with E-state index in [0.717, 1.165) is 77.0 Å². The Morgan fingerprint density at radius 2 is 2.00 bits per heavy atom. The van der Waals surface area contributed by atoms with Crippen molar-refractivity contribution in [2.24, 2.45) is 4.99 Å². The highest BCUT2D eigenvalue weighted by atomic mass is 35.5. The monoisotopic (exact) mass is 598 g/mol. The van der Waals surface area contributed by atoms with E-state index in [1.807, 2.05) is 37.0 Å². The van der Waals surface area contributed by atoms with E-state index < -0.39 is 5.82 Å². The Morgan fingerprint density at radius 1 is 1.21 bits per heavy atom. The summed E-state index contributed by atoms with van der Waals surface area (Å²) in [6, 6.07) is 6.47. The molecule has 7 rings (SSSR count). The molecule has 1 N–H and O–H groups in total. The number of aryl methyl sites for hydroxylation is 1. The lowest BCUT2D eigenvalue weighted by Crippen LogP contribution is -2.67. The Labute approximate surface area is 256 Å². The third-order valence-electron chi connectivity index (χ3n) is 10.00. The first-order valence-electron chi connectivity index (χ1n) is 15.0. The first-order valence-corrected chi connectivity index (χ1v) is 15.3. The van der Waals surface area contributed by atoms with Gasteiger partial charge in [0.2, 0.25) is 0 Å². The number of fused-ring (bicyclic) bond motifs is 4. The van der Waals surface area contributed by atoms with Crippen molar-refractivity contribution in [3.8, 4) is 17.2 Å². The Kier molecular flexibility index (Phi) is 6.73. The van der Waals surface area contributed by atoms with Gasteiger partial charge in [-0.05, 0) is 82.6 Å². The first kappa shape index (κ1) is 28.2. The molecular weight excluding hydrogens is 563 g/mol. The van der Waals surface area contributed by atoms with Crippen LogP contribution in [0.2, 0.25) is 5.02 Å². The minimum absolute atomic E-state index is 0.000771. The molecule has 43 heavy (non-hydrogen) atoms. The van der Waals surface area contributed by atoms with Crippen LogP contribution in [0, 0.1) is 31.0 Å². The number of nitriles is 1. The topological polar surface area (TPSA) is 85.4 Å². The van der Waals surface area contributed by atoms with E-state index in [9.17, 15) is 5.26 Å². The number of hydrogen-bond donors (Lipinski definition) is 1. The van der Waals surface area contributed by atoms with Gasteiger partial charge in [-0.2, -0.15) is 10.4 Å². The molecule has 3 aliphatic rings. The van der Waals surface area contributed by atoms with Crippen LogP contribution in [0.5, 0.6) is 0 Å². The molecule has 0 saturated carbocycles. The maximum Gasteiger partial charge on any atom is 0.158 e. The molecule has 2 atom stereocenters. The van der Waals surface area contributed by atoms with Crippen LogP contribution >= 0.6 is 11.6 Å². The van der Waals surface area contributed by atoms with Gasteiger partial charge in [-0.3, -0.25) is 9.67 Å². The van der Waals surface area contributed by atoms with Gasteiger partial charge in [0.05, 0.1) is 52.7 Å². The number of hydrogen-bond acceptors (Lipinski definition) is 7. The number of piperidine rings is 1. The standard InChI is InChI=1S/C33H36ClFN8/c1-18-10-20-13-37-14-24(20)27(19(18)2)28-26(34)12-23-30(29(28)35)40-32(42-16-33(3,17-42)41(4)5)25-15-39-43(31(23)25)22-7-9-38-21(11-22)6-8-36/h10,12,14-15,21-22,38H,6-7,9,11,13,16-17H2,1-5H3/t21-,22+/m1/s1.